The molecule has 0 aliphatic carbocycles. The number of nitrogens with zero attached hydrogens (tertiary/aromatic N) is 7. The molecule has 1 spiro atoms. The van der Waals surface area contributed by atoms with Crippen LogP contribution in [-0.2, 0) is 9.59 Å². The minimum atomic E-state index is -0.981. The molecular weight excluding hydrogens is 820 g/mol. The topological polar surface area (TPSA) is 121 Å². The number of nitrogens with one attached hydrogen (secondary N) is 1. The second-order valence-corrected chi connectivity index (χ2v) is 17.8. The average Bonchev–Trinajstić information content (AvgIpc) is 3.96. The Kier molecular flexibility index (Phi) is 11.1. The van der Waals surface area contributed by atoms with Gasteiger partial charge in [0.25, 0.3) is 17.7 Å². The summed E-state index contributed by atoms with van der Waals surface area (Å²) in [4.78, 5) is 80.6. The Bertz CT molecular complexity index is 2310. The summed E-state index contributed by atoms with van der Waals surface area (Å²) in [6.07, 6.45) is 4.53. The van der Waals surface area contributed by atoms with Crippen molar-refractivity contribution in [3.8, 4) is 0 Å². The zero-order valence-electron chi connectivity index (χ0n) is 33.4. The van der Waals surface area contributed by atoms with Crippen LogP contribution in [-0.4, -0.2) is 120 Å². The van der Waals surface area contributed by atoms with Crippen molar-refractivity contribution in [2.75, 3.05) is 60.5 Å². The lowest BCUT2D eigenvalue weighted by Gasteiger charge is -2.49. The summed E-state index contributed by atoms with van der Waals surface area (Å²) in [5.41, 5.74) is 5.16. The first-order valence-corrected chi connectivity index (χ1v) is 20.8. The van der Waals surface area contributed by atoms with E-state index in [-0.39, 0.29) is 62.8 Å². The van der Waals surface area contributed by atoms with Crippen molar-refractivity contribution in [3.63, 3.8) is 0 Å². The number of anilines is 3. The SMILES string of the molecule is S.S.[C-]#[N+]c1ccc(N2CC3(CCN(c4ccc(C(=O)N5C[C@H]6C[C@@H]5CN6C5CN(c6ccc7c(c6)C(=O)N(C6CCC(=O)NC6=O)C7=O)C5)cc4)CC3)C[C@@H]2C)cc1Cl. The van der Waals surface area contributed by atoms with Crippen LogP contribution in [0.5, 0.6) is 0 Å². The number of piperidine rings is 2. The Morgan fingerprint density at radius 3 is 2.18 bits per heavy atom. The van der Waals surface area contributed by atoms with Gasteiger partial charge in [0.05, 0.1) is 17.7 Å². The molecule has 1 unspecified atom stereocenters. The third-order valence-electron chi connectivity index (χ3n) is 14.1. The largest absolute Gasteiger partial charge is 0.371 e. The summed E-state index contributed by atoms with van der Waals surface area (Å²) < 4.78 is 0. The molecule has 16 heteroatoms. The van der Waals surface area contributed by atoms with E-state index in [9.17, 15) is 24.0 Å². The fraction of sp³-hybridized carbons (Fsp3) is 0.455. The van der Waals surface area contributed by atoms with E-state index >= 15 is 0 Å². The average molecular weight is 870 g/mol. The van der Waals surface area contributed by atoms with Gasteiger partial charge in [-0.05, 0) is 99.0 Å². The van der Waals surface area contributed by atoms with Gasteiger partial charge in [0.1, 0.15) is 6.04 Å². The number of carbonyl (C=O) groups excluding carboxylic acids is 5. The van der Waals surface area contributed by atoms with Gasteiger partial charge in [-0.3, -0.25) is 39.1 Å². The minimum Gasteiger partial charge on any atom is -0.371 e. The molecule has 314 valence electrons. The fourth-order valence-electron chi connectivity index (χ4n) is 10.9. The summed E-state index contributed by atoms with van der Waals surface area (Å²) in [5, 5.41) is 2.75. The van der Waals surface area contributed by atoms with Crippen molar-refractivity contribution in [1.29, 1.82) is 0 Å². The highest BCUT2D eigenvalue weighted by molar-refractivity contribution is 7.59. The number of amides is 5. The van der Waals surface area contributed by atoms with Crippen molar-refractivity contribution >= 4 is 90.9 Å². The smallest absolute Gasteiger partial charge is 0.262 e. The van der Waals surface area contributed by atoms with E-state index in [1.165, 1.54) is 0 Å². The van der Waals surface area contributed by atoms with E-state index in [0.717, 1.165) is 92.5 Å². The molecule has 1 N–H and O–H groups in total. The van der Waals surface area contributed by atoms with E-state index in [0.29, 0.717) is 40.9 Å². The van der Waals surface area contributed by atoms with E-state index < -0.39 is 29.7 Å². The molecule has 60 heavy (non-hydrogen) atoms. The van der Waals surface area contributed by atoms with Crippen molar-refractivity contribution in [2.45, 2.75) is 75.7 Å². The number of halogens is 1. The molecule has 13 nitrogen and oxygen atoms in total. The number of fused-ring (bicyclic) bond motifs is 3. The lowest BCUT2D eigenvalue weighted by Crippen LogP contribution is -2.63. The Labute approximate surface area is 368 Å². The number of imide groups is 2. The van der Waals surface area contributed by atoms with E-state index in [2.05, 4.69) is 53.7 Å². The van der Waals surface area contributed by atoms with Crippen molar-refractivity contribution in [3.05, 3.63) is 93.8 Å². The summed E-state index contributed by atoms with van der Waals surface area (Å²) in [5.74, 6) is -1.91. The first-order valence-electron chi connectivity index (χ1n) is 20.5. The molecule has 4 atom stereocenters. The Balaban J connectivity index is 0.00000249. The van der Waals surface area contributed by atoms with Crippen LogP contribution in [0.3, 0.4) is 0 Å². The van der Waals surface area contributed by atoms with Crippen LogP contribution in [0.25, 0.3) is 4.85 Å². The first kappa shape index (κ1) is 42.0. The number of carbonyl (C=O) groups is 5. The molecule has 7 aliphatic rings. The molecule has 3 aromatic carbocycles. The van der Waals surface area contributed by atoms with Crippen LogP contribution in [0, 0.1) is 12.0 Å². The third kappa shape index (κ3) is 6.99. The van der Waals surface area contributed by atoms with Crippen LogP contribution >= 0.6 is 38.6 Å². The predicted octanol–water partition coefficient (Wildman–Crippen LogP) is 5.19. The maximum absolute atomic E-state index is 13.8. The lowest BCUT2D eigenvalue weighted by atomic mass is 9.76. The zero-order valence-corrected chi connectivity index (χ0v) is 36.2. The Morgan fingerprint density at radius 1 is 0.817 bits per heavy atom. The minimum absolute atomic E-state index is 0. The molecular formula is C44H49ClN8O5S2. The molecule has 2 bridgehead atoms. The number of piperazine rings is 1. The maximum Gasteiger partial charge on any atom is 0.262 e. The third-order valence-corrected chi connectivity index (χ3v) is 14.4. The number of rotatable bonds is 6. The van der Waals surface area contributed by atoms with Gasteiger partial charge in [-0.2, -0.15) is 27.0 Å². The quantitative estimate of drug-likeness (QED) is 0.264. The molecule has 0 saturated carbocycles. The first-order chi connectivity index (χ1) is 28.0. The summed E-state index contributed by atoms with van der Waals surface area (Å²) in [7, 11) is 0. The highest BCUT2D eigenvalue weighted by Gasteiger charge is 2.51. The molecule has 6 fully saturated rings. The fourth-order valence-corrected chi connectivity index (χ4v) is 11.2. The van der Waals surface area contributed by atoms with Gasteiger partial charge in [0.2, 0.25) is 17.5 Å². The van der Waals surface area contributed by atoms with E-state index in [4.69, 9.17) is 18.2 Å². The zero-order chi connectivity index (χ0) is 40.0. The lowest BCUT2D eigenvalue weighted by molar-refractivity contribution is -0.136. The molecule has 7 heterocycles. The normalized spacial score (nSPS) is 25.9. The van der Waals surface area contributed by atoms with Crippen LogP contribution in [0.2, 0.25) is 5.02 Å². The Hall–Kier alpha value is -4.75. The highest BCUT2D eigenvalue weighted by atomic mass is 35.5. The van der Waals surface area contributed by atoms with Gasteiger partial charge in [-0.1, -0.05) is 17.7 Å². The number of likely N-dealkylation sites (tertiary alicyclic amines) is 2. The summed E-state index contributed by atoms with van der Waals surface area (Å²) in [6, 6.07) is 19.5. The number of benzene rings is 3. The van der Waals surface area contributed by atoms with E-state index in [1.54, 1.807) is 12.1 Å². The maximum atomic E-state index is 13.8. The number of hydrogen-bond acceptors (Lipinski definition) is 9. The second kappa shape index (κ2) is 15.9. The molecule has 0 radical (unpaired) electrons. The molecule has 5 amide bonds. The van der Waals surface area contributed by atoms with Gasteiger partial charge in [-0.25, -0.2) is 4.85 Å². The molecule has 10 rings (SSSR count). The predicted molar refractivity (Wildman–Crippen MR) is 239 cm³/mol. The van der Waals surface area contributed by atoms with Gasteiger partial charge in [0.15, 0.2) is 0 Å². The molecule has 3 aromatic rings. The van der Waals surface area contributed by atoms with Crippen LogP contribution < -0.4 is 20.0 Å². The van der Waals surface area contributed by atoms with Crippen molar-refractivity contribution in [2.24, 2.45) is 5.41 Å². The molecule has 0 aromatic heterocycles. The monoisotopic (exact) mass is 868 g/mol. The Morgan fingerprint density at radius 2 is 1.52 bits per heavy atom. The molecule has 6 saturated heterocycles. The van der Waals surface area contributed by atoms with Gasteiger partial charge < -0.3 is 19.6 Å². The van der Waals surface area contributed by atoms with Gasteiger partial charge in [0, 0.05) is 104 Å². The van der Waals surface area contributed by atoms with E-state index in [1.807, 2.05) is 36.4 Å². The highest BCUT2D eigenvalue weighted by Crippen LogP contribution is 2.46. The van der Waals surface area contributed by atoms with Gasteiger partial charge in [-0.15, -0.1) is 0 Å². The van der Waals surface area contributed by atoms with Crippen LogP contribution in [0.4, 0.5) is 22.7 Å². The number of hydrogen-bond donors (Lipinski definition) is 1. The summed E-state index contributed by atoms with van der Waals surface area (Å²) in [6.45, 7) is 15.7. The van der Waals surface area contributed by atoms with Crippen LogP contribution in [0.15, 0.2) is 60.7 Å². The standard InChI is InChI=1S/C44H45ClN8O5.2H2S/c1-26-20-44(25-52(26)30-8-10-37(46-2)36(45)19-30)13-15-48(16-14-44)28-5-3-27(4-6-28)41(56)51-24-31-17-32(51)23-50(31)33-21-49(22-33)29-7-9-34-35(18-29)43(58)53(42(34)57)38-11-12-39(54)47-40(38)55;;/h3-10,18-19,26,31-33,38H,11-17,20-25H2,1H3,(H,47,54,55);2*1H2/t26-,31+,32+,38?;;/m0../s1. The summed E-state index contributed by atoms with van der Waals surface area (Å²) >= 11 is 6.39. The van der Waals surface area contributed by atoms with Crippen LogP contribution in [0.1, 0.15) is 76.5 Å². The van der Waals surface area contributed by atoms with Gasteiger partial charge >= 0.3 is 0 Å². The van der Waals surface area contributed by atoms with Crippen molar-refractivity contribution in [1.82, 2.24) is 20.0 Å². The second-order valence-electron chi connectivity index (χ2n) is 17.4. The van der Waals surface area contributed by atoms with Crippen molar-refractivity contribution < 1.29 is 24.0 Å². The molecule has 7 aliphatic heterocycles.